The van der Waals surface area contributed by atoms with Gasteiger partial charge in [-0.1, -0.05) is 0 Å². The van der Waals surface area contributed by atoms with E-state index in [1.165, 1.54) is 12.5 Å². The predicted octanol–water partition coefficient (Wildman–Crippen LogP) is 4.94. The summed E-state index contributed by atoms with van der Waals surface area (Å²) in [7, 11) is 0. The molecule has 3 aromatic rings. The monoisotopic (exact) mass is 509 g/mol. The van der Waals surface area contributed by atoms with E-state index >= 15 is 4.39 Å². The van der Waals surface area contributed by atoms with Gasteiger partial charge in [0.2, 0.25) is 11.7 Å². The lowest BCUT2D eigenvalue weighted by Crippen LogP contribution is -2.35. The summed E-state index contributed by atoms with van der Waals surface area (Å²) in [4.78, 5) is 24.4. The van der Waals surface area contributed by atoms with E-state index in [1.807, 2.05) is 0 Å². The van der Waals surface area contributed by atoms with Gasteiger partial charge in [-0.2, -0.15) is 0 Å². The van der Waals surface area contributed by atoms with Gasteiger partial charge in [0.25, 0.3) is 0 Å². The van der Waals surface area contributed by atoms with Gasteiger partial charge < -0.3 is 14.9 Å². The molecule has 35 heavy (non-hydrogen) atoms. The molecule has 2 aliphatic rings. The number of aromatic nitrogens is 3. The van der Waals surface area contributed by atoms with Crippen LogP contribution in [0.4, 0.5) is 29.1 Å². The molecule has 2 heterocycles. The minimum atomic E-state index is -2.79. The van der Waals surface area contributed by atoms with Gasteiger partial charge in [0.1, 0.15) is 34.5 Å². The number of carbonyl (C=O) groups excluding carboxylic acids is 1. The maximum Gasteiger partial charge on any atom is 0.248 e. The molecule has 2 aromatic heterocycles. The summed E-state index contributed by atoms with van der Waals surface area (Å²) in [5.74, 6) is -5.11. The lowest BCUT2D eigenvalue weighted by molar-refractivity contribution is -0.0328. The van der Waals surface area contributed by atoms with Crippen LogP contribution in [0.1, 0.15) is 54.4 Å². The highest BCUT2D eigenvalue weighted by atomic mass is 32.2. The van der Waals surface area contributed by atoms with Gasteiger partial charge in [0.05, 0.1) is 27.9 Å². The van der Waals surface area contributed by atoms with Crippen molar-refractivity contribution in [1.29, 1.82) is 0 Å². The van der Waals surface area contributed by atoms with Gasteiger partial charge in [-0.15, -0.1) is 0 Å². The summed E-state index contributed by atoms with van der Waals surface area (Å²) in [6.45, 7) is 0.659. The van der Waals surface area contributed by atoms with E-state index in [-0.39, 0.29) is 24.1 Å². The Morgan fingerprint density at radius 1 is 1.17 bits per heavy atom. The molecule has 12 heteroatoms. The van der Waals surface area contributed by atoms with Crippen molar-refractivity contribution in [3.05, 3.63) is 47.4 Å². The van der Waals surface area contributed by atoms with Crippen molar-refractivity contribution in [2.75, 3.05) is 16.6 Å². The Morgan fingerprint density at radius 2 is 1.91 bits per heavy atom. The number of carbonyl (C=O) groups is 1. The molecule has 0 amide bonds. The summed E-state index contributed by atoms with van der Waals surface area (Å²) in [5, 5.41) is 2.89. The van der Waals surface area contributed by atoms with Gasteiger partial charge in [-0.3, -0.25) is 4.79 Å². The van der Waals surface area contributed by atoms with Crippen molar-refractivity contribution in [2.45, 2.75) is 49.7 Å². The SMILES string of the molecule is O=C(c1c(F)ccc(N[S+]([O-])C2CCC(F)(F)CC2)c1F)c1c[nH]c2ncnc(NCC3CC3)c12. The summed E-state index contributed by atoms with van der Waals surface area (Å²) in [6, 6.07) is 1.94. The molecule has 2 aliphatic carbocycles. The van der Waals surface area contributed by atoms with E-state index in [0.29, 0.717) is 29.3 Å². The molecule has 0 spiro atoms. The first-order valence-electron chi connectivity index (χ1n) is 11.4. The number of hydrogen-bond donors (Lipinski definition) is 3. The zero-order chi connectivity index (χ0) is 24.7. The average molecular weight is 510 g/mol. The van der Waals surface area contributed by atoms with Crippen LogP contribution in [0.25, 0.3) is 11.0 Å². The Labute approximate surface area is 201 Å². The molecule has 0 aliphatic heterocycles. The first kappa shape index (κ1) is 23.9. The van der Waals surface area contributed by atoms with Gasteiger partial charge in [-0.25, -0.2) is 32.3 Å². The molecule has 5 rings (SSSR count). The fraction of sp³-hybridized carbons (Fsp3) is 0.435. The molecule has 3 N–H and O–H groups in total. The third-order valence-electron chi connectivity index (χ3n) is 6.47. The summed E-state index contributed by atoms with van der Waals surface area (Å²) in [6.07, 6.45) is 4.05. The number of H-pyrrole nitrogens is 1. The molecule has 2 saturated carbocycles. The summed E-state index contributed by atoms with van der Waals surface area (Å²) in [5.41, 5.74) is -0.829. The van der Waals surface area contributed by atoms with E-state index in [9.17, 15) is 22.5 Å². The summed E-state index contributed by atoms with van der Waals surface area (Å²) >= 11 is -1.89. The van der Waals surface area contributed by atoms with Crippen LogP contribution in [0, 0.1) is 17.6 Å². The second-order valence-electron chi connectivity index (χ2n) is 9.04. The number of nitrogens with one attached hydrogen (secondary N) is 3. The van der Waals surface area contributed by atoms with Crippen molar-refractivity contribution in [1.82, 2.24) is 15.0 Å². The Bertz CT molecular complexity index is 1260. The van der Waals surface area contributed by atoms with Crippen molar-refractivity contribution in [3.8, 4) is 0 Å². The first-order chi connectivity index (χ1) is 16.7. The number of nitrogens with zero attached hydrogens (tertiary/aromatic N) is 2. The summed E-state index contributed by atoms with van der Waals surface area (Å²) < 4.78 is 72.0. The highest BCUT2D eigenvalue weighted by Gasteiger charge is 2.40. The van der Waals surface area contributed by atoms with Gasteiger partial charge in [-0.05, 0) is 30.9 Å². The van der Waals surface area contributed by atoms with Gasteiger partial charge in [0.15, 0.2) is 5.82 Å². The zero-order valence-electron chi connectivity index (χ0n) is 18.5. The van der Waals surface area contributed by atoms with Gasteiger partial charge in [0, 0.05) is 38.4 Å². The maximum atomic E-state index is 15.4. The largest absolute Gasteiger partial charge is 0.593 e. The molecule has 2 fully saturated rings. The fourth-order valence-corrected chi connectivity index (χ4v) is 5.44. The molecule has 0 bridgehead atoms. The molecular formula is C23H23F4N5O2S. The molecule has 1 atom stereocenters. The highest BCUT2D eigenvalue weighted by molar-refractivity contribution is 7.93. The van der Waals surface area contributed by atoms with E-state index in [0.717, 1.165) is 25.0 Å². The number of anilines is 2. The van der Waals surface area contributed by atoms with Crippen LogP contribution in [-0.4, -0.2) is 43.0 Å². The van der Waals surface area contributed by atoms with Crippen LogP contribution in [0.2, 0.25) is 0 Å². The smallest absolute Gasteiger partial charge is 0.248 e. The Hall–Kier alpha value is -2.86. The van der Waals surface area contributed by atoms with Crippen LogP contribution in [0.5, 0.6) is 0 Å². The van der Waals surface area contributed by atoms with E-state index < -0.39 is 58.4 Å². The van der Waals surface area contributed by atoms with Crippen molar-refractivity contribution in [3.63, 3.8) is 0 Å². The molecule has 7 nitrogen and oxygen atoms in total. The third kappa shape index (κ3) is 4.94. The van der Waals surface area contributed by atoms with Crippen LogP contribution in [0.15, 0.2) is 24.7 Å². The van der Waals surface area contributed by atoms with Crippen LogP contribution in [-0.2, 0) is 11.4 Å². The number of hydrogen-bond acceptors (Lipinski definition) is 6. The number of aromatic amines is 1. The number of fused-ring (bicyclic) bond motifs is 1. The Morgan fingerprint density at radius 3 is 2.63 bits per heavy atom. The first-order valence-corrected chi connectivity index (χ1v) is 12.6. The lowest BCUT2D eigenvalue weighted by atomic mass is 9.96. The molecule has 186 valence electrons. The van der Waals surface area contributed by atoms with E-state index in [2.05, 4.69) is 25.0 Å². The zero-order valence-corrected chi connectivity index (χ0v) is 19.4. The molecular weight excluding hydrogens is 486 g/mol. The Kier molecular flexibility index (Phi) is 6.34. The number of rotatable bonds is 8. The van der Waals surface area contributed by atoms with E-state index in [1.54, 1.807) is 0 Å². The Balaban J connectivity index is 1.42. The second-order valence-corrected chi connectivity index (χ2v) is 10.5. The average Bonchev–Trinajstić information content (AvgIpc) is 3.55. The number of halogens is 4. The predicted molar refractivity (Wildman–Crippen MR) is 124 cm³/mol. The molecule has 1 unspecified atom stereocenters. The second kappa shape index (κ2) is 9.30. The van der Waals surface area contributed by atoms with Gasteiger partial charge >= 0.3 is 0 Å². The van der Waals surface area contributed by atoms with Crippen molar-refractivity contribution in [2.24, 2.45) is 5.92 Å². The highest BCUT2D eigenvalue weighted by Crippen LogP contribution is 2.37. The quantitative estimate of drug-likeness (QED) is 0.226. The number of alkyl halides is 2. The molecule has 0 radical (unpaired) electrons. The fourth-order valence-electron chi connectivity index (χ4n) is 4.23. The van der Waals surface area contributed by atoms with Crippen molar-refractivity contribution >= 4 is 39.7 Å². The lowest BCUT2D eigenvalue weighted by Gasteiger charge is -2.29. The minimum absolute atomic E-state index is 0.00713. The molecule has 1 aromatic carbocycles. The van der Waals surface area contributed by atoms with Crippen LogP contribution in [0.3, 0.4) is 0 Å². The number of ketones is 1. The van der Waals surface area contributed by atoms with Crippen LogP contribution < -0.4 is 10.0 Å². The molecule has 0 saturated heterocycles. The van der Waals surface area contributed by atoms with Crippen molar-refractivity contribution < 1.29 is 26.9 Å². The maximum absolute atomic E-state index is 15.4. The van der Waals surface area contributed by atoms with Crippen LogP contribution >= 0.6 is 0 Å². The van der Waals surface area contributed by atoms with E-state index in [4.69, 9.17) is 0 Å². The number of benzene rings is 1. The standard InChI is InChI=1S/C23H23F4N5O2S/c24-15-3-4-16(32-35(34)13-5-7-23(26,27)8-6-13)19(25)18(15)20(33)14-10-29-22-17(14)21(30-11-31-22)28-9-12-1-2-12/h3-4,10-13,32H,1-2,5-9H2,(H2,28,29,30,31). The third-order valence-corrected chi connectivity index (χ3v) is 7.96. The normalized spacial score (nSPS) is 19.0. The topological polar surface area (TPSA) is 106 Å². The minimum Gasteiger partial charge on any atom is -0.593 e.